The smallest absolute Gasteiger partial charge is 0.261 e. The van der Waals surface area contributed by atoms with Crippen molar-refractivity contribution >= 4 is 5.91 Å². The maximum absolute atomic E-state index is 13.1. The van der Waals surface area contributed by atoms with Gasteiger partial charge in [-0.3, -0.25) is 9.69 Å². The number of fused-ring (bicyclic) bond motifs is 1. The van der Waals surface area contributed by atoms with Crippen LogP contribution in [0.4, 0.5) is 4.39 Å². The van der Waals surface area contributed by atoms with Crippen LogP contribution in [0.3, 0.4) is 0 Å². The van der Waals surface area contributed by atoms with Crippen molar-refractivity contribution in [2.45, 2.75) is 38.6 Å². The minimum Gasteiger partial charge on any atom is -0.481 e. The van der Waals surface area contributed by atoms with Gasteiger partial charge < -0.3 is 10.1 Å². The van der Waals surface area contributed by atoms with E-state index < -0.39 is 6.10 Å². The average molecular weight is 495 g/mol. The van der Waals surface area contributed by atoms with Gasteiger partial charge in [-0.15, -0.1) is 0 Å². The van der Waals surface area contributed by atoms with Gasteiger partial charge in [0.05, 0.1) is 6.04 Å². The topological polar surface area (TPSA) is 41.6 Å². The number of hydrogen-bond acceptors (Lipinski definition) is 3. The van der Waals surface area contributed by atoms with Crippen LogP contribution in [0.1, 0.15) is 40.8 Å². The highest BCUT2D eigenvalue weighted by Gasteiger charge is 2.29. The molecule has 1 aliphatic heterocycles. The first-order valence-electron chi connectivity index (χ1n) is 12.7. The number of carbonyl (C=O) groups excluding carboxylic acids is 1. The van der Waals surface area contributed by atoms with Gasteiger partial charge in [0.1, 0.15) is 11.6 Å². The Balaban J connectivity index is 1.34. The van der Waals surface area contributed by atoms with Gasteiger partial charge in [-0.05, 0) is 65.4 Å². The van der Waals surface area contributed by atoms with E-state index in [2.05, 4.69) is 70.9 Å². The van der Waals surface area contributed by atoms with Crippen molar-refractivity contribution in [2.24, 2.45) is 0 Å². The first-order chi connectivity index (χ1) is 18.1. The third-order valence-corrected chi connectivity index (χ3v) is 6.85. The van der Waals surface area contributed by atoms with Crippen LogP contribution in [-0.4, -0.2) is 23.5 Å². The summed E-state index contributed by atoms with van der Waals surface area (Å²) in [6.45, 7) is 3.88. The Labute approximate surface area is 217 Å². The molecule has 37 heavy (non-hydrogen) atoms. The molecule has 0 radical (unpaired) electrons. The lowest BCUT2D eigenvalue weighted by atomic mass is 9.87. The van der Waals surface area contributed by atoms with Crippen LogP contribution in [0.2, 0.25) is 0 Å². The molecule has 0 fully saturated rings. The summed E-state index contributed by atoms with van der Waals surface area (Å²) in [4.78, 5) is 15.2. The van der Waals surface area contributed by atoms with Crippen LogP contribution in [0.25, 0.3) is 0 Å². The van der Waals surface area contributed by atoms with Crippen molar-refractivity contribution in [3.8, 4) is 5.75 Å². The minimum absolute atomic E-state index is 0.0938. The molecule has 0 saturated heterocycles. The predicted molar refractivity (Wildman–Crippen MR) is 144 cm³/mol. The normalized spacial score (nSPS) is 16.0. The van der Waals surface area contributed by atoms with E-state index >= 15 is 0 Å². The van der Waals surface area contributed by atoms with Gasteiger partial charge in [-0.25, -0.2) is 4.39 Å². The highest BCUT2D eigenvalue weighted by Crippen LogP contribution is 2.38. The monoisotopic (exact) mass is 494 g/mol. The summed E-state index contributed by atoms with van der Waals surface area (Å²) < 4.78 is 19.2. The van der Waals surface area contributed by atoms with Crippen molar-refractivity contribution < 1.29 is 13.9 Å². The molecule has 2 atom stereocenters. The molecule has 5 rings (SSSR count). The fourth-order valence-electron chi connectivity index (χ4n) is 4.93. The molecule has 1 amide bonds. The summed E-state index contributed by atoms with van der Waals surface area (Å²) in [5.41, 5.74) is 5.87. The Hall–Kier alpha value is -3.96. The molecule has 4 aromatic rings. The van der Waals surface area contributed by atoms with Gasteiger partial charge >= 0.3 is 0 Å². The zero-order valence-corrected chi connectivity index (χ0v) is 20.9. The SMILES string of the molecule is CC(Oc1ccc2c(c1)C(c1ccccc1)N(Cc1ccccc1)CC2)C(=O)NCc1ccc(F)cc1. The molecule has 1 heterocycles. The van der Waals surface area contributed by atoms with Crippen LogP contribution >= 0.6 is 0 Å². The average Bonchev–Trinajstić information content (AvgIpc) is 2.93. The lowest BCUT2D eigenvalue weighted by Crippen LogP contribution is -2.37. The van der Waals surface area contributed by atoms with E-state index in [0.717, 1.165) is 25.1 Å². The number of carbonyl (C=O) groups is 1. The Bertz CT molecular complexity index is 1330. The summed E-state index contributed by atoms with van der Waals surface area (Å²) >= 11 is 0. The van der Waals surface area contributed by atoms with Crippen molar-refractivity contribution in [1.29, 1.82) is 0 Å². The number of nitrogens with one attached hydrogen (secondary N) is 1. The van der Waals surface area contributed by atoms with E-state index in [9.17, 15) is 9.18 Å². The van der Waals surface area contributed by atoms with Crippen LogP contribution < -0.4 is 10.1 Å². The maximum Gasteiger partial charge on any atom is 0.261 e. The van der Waals surface area contributed by atoms with E-state index in [1.54, 1.807) is 19.1 Å². The summed E-state index contributed by atoms with van der Waals surface area (Å²) in [7, 11) is 0. The largest absolute Gasteiger partial charge is 0.481 e. The lowest BCUT2D eigenvalue weighted by Gasteiger charge is -2.38. The Kier molecular flexibility index (Phi) is 7.62. The highest BCUT2D eigenvalue weighted by atomic mass is 19.1. The number of benzene rings is 4. The standard InChI is InChI=1S/C32H31FN2O2/c1-23(32(36)34-21-24-12-15-28(33)16-13-24)37-29-17-14-26-18-19-35(22-25-8-4-2-5-9-25)31(30(26)20-29)27-10-6-3-7-11-27/h2-17,20,23,31H,18-19,21-22H2,1H3,(H,34,36). The molecule has 0 spiro atoms. The number of nitrogens with zero attached hydrogens (tertiary/aromatic N) is 1. The molecular formula is C32H31FN2O2. The van der Waals surface area contributed by atoms with Crippen molar-refractivity contribution in [3.63, 3.8) is 0 Å². The molecule has 188 valence electrons. The zero-order chi connectivity index (χ0) is 25.6. The number of rotatable bonds is 8. The van der Waals surface area contributed by atoms with Gasteiger partial charge in [0.2, 0.25) is 0 Å². The summed E-state index contributed by atoms with van der Waals surface area (Å²) in [5, 5.41) is 2.88. The Morgan fingerprint density at radius 1 is 0.946 bits per heavy atom. The summed E-state index contributed by atoms with van der Waals surface area (Å²) in [5.74, 6) is 0.161. The molecule has 5 heteroatoms. The molecule has 4 aromatic carbocycles. The first kappa shape index (κ1) is 24.7. The second-order valence-electron chi connectivity index (χ2n) is 9.48. The first-order valence-corrected chi connectivity index (χ1v) is 12.7. The van der Waals surface area contributed by atoms with Gasteiger partial charge in [-0.2, -0.15) is 0 Å². The lowest BCUT2D eigenvalue weighted by molar-refractivity contribution is -0.127. The molecule has 1 aliphatic rings. The molecule has 2 unspecified atom stereocenters. The number of amides is 1. The van der Waals surface area contributed by atoms with E-state index in [1.165, 1.54) is 34.4 Å². The number of halogens is 1. The van der Waals surface area contributed by atoms with Crippen LogP contribution in [-0.2, 0) is 24.3 Å². The second kappa shape index (κ2) is 11.4. The van der Waals surface area contributed by atoms with Crippen molar-refractivity contribution in [3.05, 3.63) is 137 Å². The molecule has 1 N–H and O–H groups in total. The number of ether oxygens (including phenoxy) is 1. The second-order valence-corrected chi connectivity index (χ2v) is 9.48. The van der Waals surface area contributed by atoms with Crippen molar-refractivity contribution in [2.75, 3.05) is 6.54 Å². The fraction of sp³-hybridized carbons (Fsp3) is 0.219. The van der Waals surface area contributed by atoms with Crippen LogP contribution in [0.15, 0.2) is 103 Å². The van der Waals surface area contributed by atoms with Crippen LogP contribution in [0, 0.1) is 5.82 Å². The van der Waals surface area contributed by atoms with E-state index in [0.29, 0.717) is 12.3 Å². The van der Waals surface area contributed by atoms with Crippen LogP contribution in [0.5, 0.6) is 5.75 Å². The summed E-state index contributed by atoms with van der Waals surface area (Å²) in [6.07, 6.45) is 0.289. The van der Waals surface area contributed by atoms with Gasteiger partial charge in [0.15, 0.2) is 6.10 Å². The van der Waals surface area contributed by atoms with Crippen molar-refractivity contribution in [1.82, 2.24) is 10.2 Å². The maximum atomic E-state index is 13.1. The zero-order valence-electron chi connectivity index (χ0n) is 20.9. The third-order valence-electron chi connectivity index (χ3n) is 6.85. The Morgan fingerprint density at radius 2 is 1.65 bits per heavy atom. The van der Waals surface area contributed by atoms with Gasteiger partial charge in [-0.1, -0.05) is 78.9 Å². The third kappa shape index (κ3) is 6.07. The molecule has 0 bridgehead atoms. The quantitative estimate of drug-likeness (QED) is 0.324. The highest BCUT2D eigenvalue weighted by molar-refractivity contribution is 5.80. The Morgan fingerprint density at radius 3 is 2.38 bits per heavy atom. The summed E-state index contributed by atoms with van der Waals surface area (Å²) in [6, 6.07) is 33.5. The van der Waals surface area contributed by atoms with Gasteiger partial charge in [0.25, 0.3) is 5.91 Å². The molecule has 0 aliphatic carbocycles. The molecule has 0 aromatic heterocycles. The van der Waals surface area contributed by atoms with E-state index in [4.69, 9.17) is 4.74 Å². The molecule has 0 saturated carbocycles. The van der Waals surface area contributed by atoms with E-state index in [-0.39, 0.29) is 17.8 Å². The number of hydrogen-bond donors (Lipinski definition) is 1. The fourth-order valence-corrected chi connectivity index (χ4v) is 4.93. The van der Waals surface area contributed by atoms with E-state index in [1.807, 2.05) is 18.2 Å². The molecule has 4 nitrogen and oxygen atoms in total. The minimum atomic E-state index is -0.669. The predicted octanol–water partition coefficient (Wildman–Crippen LogP) is 6.06. The van der Waals surface area contributed by atoms with Gasteiger partial charge in [0, 0.05) is 19.6 Å². The molecular weight excluding hydrogens is 463 g/mol.